The summed E-state index contributed by atoms with van der Waals surface area (Å²) in [7, 11) is -3.69. The Balaban J connectivity index is 4.10. The van der Waals surface area contributed by atoms with E-state index in [-0.39, 0.29) is 13.0 Å². The van der Waals surface area contributed by atoms with E-state index in [0.29, 0.717) is 0 Å². The summed E-state index contributed by atoms with van der Waals surface area (Å²) in [5.41, 5.74) is 0. The predicted octanol–water partition coefficient (Wildman–Crippen LogP) is -1.79. The van der Waals surface area contributed by atoms with Crippen LogP contribution in [-0.2, 0) is 19.6 Å². The number of esters is 1. The minimum atomic E-state index is -3.69. The van der Waals surface area contributed by atoms with Crippen molar-refractivity contribution in [2.24, 2.45) is 0 Å². The van der Waals surface area contributed by atoms with Crippen LogP contribution in [0.15, 0.2) is 0 Å². The summed E-state index contributed by atoms with van der Waals surface area (Å²) in [5, 5.41) is 17.3. The normalized spacial score (nSPS) is 11.8. The molecule has 0 aliphatic heterocycles. The van der Waals surface area contributed by atoms with Crippen molar-refractivity contribution in [2.75, 3.05) is 25.6 Å². The standard InChI is InChI=1S/C8H17NO6S/c1-2-15-8(12)3-4-16(13,14)9-7(5-10)6-11/h7,9-11H,2-6H2,1H3. The number of ether oxygens (including phenoxy) is 1. The highest BCUT2D eigenvalue weighted by molar-refractivity contribution is 7.89. The molecular weight excluding hydrogens is 238 g/mol. The van der Waals surface area contributed by atoms with Crippen molar-refractivity contribution in [3.63, 3.8) is 0 Å². The maximum atomic E-state index is 11.3. The molecule has 7 nitrogen and oxygen atoms in total. The predicted molar refractivity (Wildman–Crippen MR) is 56.1 cm³/mol. The summed E-state index contributed by atoms with van der Waals surface area (Å²) in [4.78, 5) is 10.9. The van der Waals surface area contributed by atoms with Gasteiger partial charge in [0.15, 0.2) is 0 Å². The van der Waals surface area contributed by atoms with Crippen molar-refractivity contribution in [1.82, 2.24) is 4.72 Å². The Hall–Kier alpha value is -0.700. The van der Waals surface area contributed by atoms with E-state index in [1.54, 1.807) is 6.92 Å². The number of aliphatic hydroxyl groups excluding tert-OH is 2. The molecule has 0 aliphatic carbocycles. The van der Waals surface area contributed by atoms with Gasteiger partial charge in [0.25, 0.3) is 0 Å². The second kappa shape index (κ2) is 7.55. The number of carbonyl (C=O) groups is 1. The zero-order valence-corrected chi connectivity index (χ0v) is 9.87. The van der Waals surface area contributed by atoms with E-state index in [9.17, 15) is 13.2 Å². The highest BCUT2D eigenvalue weighted by Gasteiger charge is 2.18. The van der Waals surface area contributed by atoms with Crippen LogP contribution in [0, 0.1) is 0 Å². The summed E-state index contributed by atoms with van der Waals surface area (Å²) in [6, 6.07) is -0.938. The van der Waals surface area contributed by atoms with Crippen LogP contribution >= 0.6 is 0 Å². The fourth-order valence-corrected chi connectivity index (χ4v) is 2.11. The third kappa shape index (κ3) is 6.72. The molecule has 0 rings (SSSR count). The zero-order chi connectivity index (χ0) is 12.6. The summed E-state index contributed by atoms with van der Waals surface area (Å²) in [6.45, 7) is 0.810. The van der Waals surface area contributed by atoms with Crippen molar-refractivity contribution in [1.29, 1.82) is 0 Å². The van der Waals surface area contributed by atoms with Gasteiger partial charge in [-0.25, -0.2) is 13.1 Å². The molecule has 0 amide bonds. The zero-order valence-electron chi connectivity index (χ0n) is 9.05. The highest BCUT2D eigenvalue weighted by atomic mass is 32.2. The van der Waals surface area contributed by atoms with Crippen molar-refractivity contribution < 1.29 is 28.2 Å². The number of rotatable bonds is 8. The number of nitrogens with one attached hydrogen (secondary N) is 1. The molecule has 0 aromatic heterocycles. The molecule has 8 heteroatoms. The Kier molecular flexibility index (Phi) is 7.22. The van der Waals surface area contributed by atoms with Gasteiger partial charge in [-0.05, 0) is 6.92 Å². The molecule has 0 unspecified atom stereocenters. The molecule has 16 heavy (non-hydrogen) atoms. The molecule has 0 aliphatic rings. The Morgan fingerprint density at radius 2 is 1.94 bits per heavy atom. The number of aliphatic hydroxyl groups is 2. The van der Waals surface area contributed by atoms with Gasteiger partial charge >= 0.3 is 5.97 Å². The first-order valence-electron chi connectivity index (χ1n) is 4.82. The quantitative estimate of drug-likeness (QED) is 0.442. The van der Waals surface area contributed by atoms with Crippen LogP contribution in [0.1, 0.15) is 13.3 Å². The number of sulfonamides is 1. The molecule has 0 spiro atoms. The highest BCUT2D eigenvalue weighted by Crippen LogP contribution is 1.95. The molecule has 0 radical (unpaired) electrons. The van der Waals surface area contributed by atoms with Gasteiger partial charge in [-0.2, -0.15) is 0 Å². The van der Waals surface area contributed by atoms with Crippen LogP contribution < -0.4 is 4.72 Å². The van der Waals surface area contributed by atoms with E-state index >= 15 is 0 Å². The largest absolute Gasteiger partial charge is 0.466 e. The Morgan fingerprint density at radius 1 is 1.38 bits per heavy atom. The lowest BCUT2D eigenvalue weighted by atomic mass is 10.4. The molecule has 0 atom stereocenters. The average Bonchev–Trinajstić information content (AvgIpc) is 2.24. The van der Waals surface area contributed by atoms with Crippen LogP contribution in [0.4, 0.5) is 0 Å². The van der Waals surface area contributed by atoms with Gasteiger partial charge < -0.3 is 14.9 Å². The van der Waals surface area contributed by atoms with Crippen molar-refractivity contribution in [2.45, 2.75) is 19.4 Å². The first kappa shape index (κ1) is 15.3. The molecule has 0 saturated carbocycles. The summed E-state index contributed by atoms with van der Waals surface area (Å²) in [6.07, 6.45) is -0.257. The lowest BCUT2D eigenvalue weighted by Crippen LogP contribution is -2.41. The van der Waals surface area contributed by atoms with Crippen molar-refractivity contribution in [3.05, 3.63) is 0 Å². The topological polar surface area (TPSA) is 113 Å². The van der Waals surface area contributed by atoms with Gasteiger partial charge in [-0.15, -0.1) is 0 Å². The Labute approximate surface area is 94.5 Å². The van der Waals surface area contributed by atoms with Crippen molar-refractivity contribution >= 4 is 16.0 Å². The van der Waals surface area contributed by atoms with E-state index < -0.39 is 41.0 Å². The lowest BCUT2D eigenvalue weighted by Gasteiger charge is -2.13. The second-order valence-electron chi connectivity index (χ2n) is 3.05. The summed E-state index contributed by atoms with van der Waals surface area (Å²) < 4.78 is 29.3. The van der Waals surface area contributed by atoms with E-state index in [1.165, 1.54) is 0 Å². The minimum absolute atomic E-state index is 0.197. The van der Waals surface area contributed by atoms with Gasteiger partial charge in [0.1, 0.15) is 0 Å². The van der Waals surface area contributed by atoms with Crippen LogP contribution in [0.3, 0.4) is 0 Å². The molecule has 0 saturated heterocycles. The van der Waals surface area contributed by atoms with Crippen LogP contribution in [0.2, 0.25) is 0 Å². The van der Waals surface area contributed by atoms with E-state index in [1.807, 2.05) is 0 Å². The third-order valence-corrected chi connectivity index (χ3v) is 3.10. The fraction of sp³-hybridized carbons (Fsp3) is 0.875. The molecule has 0 aromatic rings. The third-order valence-electron chi connectivity index (χ3n) is 1.67. The smallest absolute Gasteiger partial charge is 0.306 e. The summed E-state index contributed by atoms with van der Waals surface area (Å²) in [5.74, 6) is -1.03. The fourth-order valence-electron chi connectivity index (χ4n) is 0.896. The first-order chi connectivity index (χ1) is 7.45. The SMILES string of the molecule is CCOC(=O)CCS(=O)(=O)NC(CO)CO. The second-order valence-corrected chi connectivity index (χ2v) is 4.93. The van der Waals surface area contributed by atoms with E-state index in [4.69, 9.17) is 10.2 Å². The minimum Gasteiger partial charge on any atom is -0.466 e. The van der Waals surface area contributed by atoms with Gasteiger partial charge in [0, 0.05) is 0 Å². The molecular formula is C8H17NO6S. The van der Waals surface area contributed by atoms with E-state index in [2.05, 4.69) is 9.46 Å². The Bertz CT molecular complexity index is 298. The van der Waals surface area contributed by atoms with Gasteiger partial charge in [0.2, 0.25) is 10.0 Å². The van der Waals surface area contributed by atoms with Crippen LogP contribution in [-0.4, -0.2) is 56.2 Å². The van der Waals surface area contributed by atoms with Crippen LogP contribution in [0.5, 0.6) is 0 Å². The Morgan fingerprint density at radius 3 is 2.38 bits per heavy atom. The number of hydrogen-bond acceptors (Lipinski definition) is 6. The average molecular weight is 255 g/mol. The van der Waals surface area contributed by atoms with E-state index in [0.717, 1.165) is 0 Å². The maximum absolute atomic E-state index is 11.3. The molecule has 0 fully saturated rings. The molecule has 0 heterocycles. The summed E-state index contributed by atoms with van der Waals surface area (Å²) >= 11 is 0. The molecule has 96 valence electrons. The molecule has 3 N–H and O–H groups in total. The van der Waals surface area contributed by atoms with Gasteiger partial charge in [0.05, 0.1) is 38.0 Å². The molecule has 0 aromatic carbocycles. The molecule has 0 bridgehead atoms. The number of hydrogen-bond donors (Lipinski definition) is 3. The van der Waals surface area contributed by atoms with Gasteiger partial charge in [-0.1, -0.05) is 0 Å². The lowest BCUT2D eigenvalue weighted by molar-refractivity contribution is -0.142. The maximum Gasteiger partial charge on any atom is 0.306 e. The number of carbonyl (C=O) groups excluding carboxylic acids is 1. The van der Waals surface area contributed by atoms with Crippen molar-refractivity contribution in [3.8, 4) is 0 Å². The van der Waals surface area contributed by atoms with Crippen LogP contribution in [0.25, 0.3) is 0 Å². The monoisotopic (exact) mass is 255 g/mol. The van der Waals surface area contributed by atoms with Gasteiger partial charge in [-0.3, -0.25) is 4.79 Å². The first-order valence-corrected chi connectivity index (χ1v) is 6.47.